The Balaban J connectivity index is 2.98. The molecule has 0 aliphatic carbocycles. The van der Waals surface area contributed by atoms with Crippen LogP contribution in [-0.2, 0) is 16.1 Å². The van der Waals surface area contributed by atoms with Crippen molar-refractivity contribution in [3.63, 3.8) is 0 Å². The quantitative estimate of drug-likeness (QED) is 0.741. The van der Waals surface area contributed by atoms with Crippen LogP contribution in [0.15, 0.2) is 12.3 Å². The summed E-state index contributed by atoms with van der Waals surface area (Å²) >= 11 is 5.81. The maximum Gasteiger partial charge on any atom is 0.356 e. The first-order valence-electron chi connectivity index (χ1n) is 4.54. The molecule has 0 saturated heterocycles. The molecule has 0 atom stereocenters. The zero-order chi connectivity index (χ0) is 11.4. The first-order valence-corrected chi connectivity index (χ1v) is 4.92. The van der Waals surface area contributed by atoms with E-state index in [4.69, 9.17) is 11.6 Å². The fraction of sp³-hybridized carbons (Fsp3) is 0.400. The number of rotatable bonds is 4. The predicted octanol–water partition coefficient (Wildman–Crippen LogP) is 1.91. The summed E-state index contributed by atoms with van der Waals surface area (Å²) in [5, 5.41) is 0.297. The molecule has 82 valence electrons. The van der Waals surface area contributed by atoms with Crippen molar-refractivity contribution in [1.82, 2.24) is 4.57 Å². The summed E-state index contributed by atoms with van der Waals surface area (Å²) in [5.41, 5.74) is 0.223. The highest BCUT2D eigenvalue weighted by atomic mass is 35.5. The fourth-order valence-corrected chi connectivity index (χ4v) is 1.43. The van der Waals surface area contributed by atoms with E-state index in [2.05, 4.69) is 4.74 Å². The SMILES string of the molecule is CCC(=O)Cn1ccc(Cl)c1C(=O)OC. The van der Waals surface area contributed by atoms with Crippen LogP contribution in [0, 0.1) is 0 Å². The lowest BCUT2D eigenvalue weighted by molar-refractivity contribution is -0.119. The van der Waals surface area contributed by atoms with Crippen LogP contribution in [0.25, 0.3) is 0 Å². The Bertz CT molecular complexity index is 384. The van der Waals surface area contributed by atoms with E-state index in [1.165, 1.54) is 11.7 Å². The Morgan fingerprint density at radius 1 is 1.53 bits per heavy atom. The summed E-state index contributed by atoms with van der Waals surface area (Å²) < 4.78 is 6.08. The van der Waals surface area contributed by atoms with Crippen molar-refractivity contribution in [2.45, 2.75) is 19.9 Å². The van der Waals surface area contributed by atoms with E-state index < -0.39 is 5.97 Å². The molecule has 0 radical (unpaired) electrons. The van der Waals surface area contributed by atoms with Crippen LogP contribution in [0.1, 0.15) is 23.8 Å². The lowest BCUT2D eigenvalue weighted by Crippen LogP contribution is -2.15. The van der Waals surface area contributed by atoms with Gasteiger partial charge in [0.15, 0.2) is 5.78 Å². The number of carbonyl (C=O) groups excluding carboxylic acids is 2. The van der Waals surface area contributed by atoms with Crippen molar-refractivity contribution in [1.29, 1.82) is 0 Å². The molecule has 15 heavy (non-hydrogen) atoms. The summed E-state index contributed by atoms with van der Waals surface area (Å²) in [7, 11) is 1.28. The van der Waals surface area contributed by atoms with Gasteiger partial charge in [-0.05, 0) is 6.07 Å². The standard InChI is InChI=1S/C10H12ClNO3/c1-3-7(13)6-12-5-4-8(11)9(12)10(14)15-2/h4-5H,3,6H2,1-2H3. The van der Waals surface area contributed by atoms with Crippen LogP contribution < -0.4 is 0 Å². The lowest BCUT2D eigenvalue weighted by Gasteiger charge is -2.06. The van der Waals surface area contributed by atoms with Gasteiger partial charge in [-0.15, -0.1) is 0 Å². The summed E-state index contributed by atoms with van der Waals surface area (Å²) in [5.74, 6) is -0.499. The van der Waals surface area contributed by atoms with Crippen molar-refractivity contribution in [2.24, 2.45) is 0 Å². The second-order valence-corrected chi connectivity index (χ2v) is 3.43. The lowest BCUT2D eigenvalue weighted by atomic mass is 10.3. The van der Waals surface area contributed by atoms with E-state index in [0.717, 1.165) is 0 Å². The summed E-state index contributed by atoms with van der Waals surface area (Å²) in [4.78, 5) is 22.6. The van der Waals surface area contributed by atoms with Crippen LogP contribution in [0.5, 0.6) is 0 Å². The number of nitrogens with zero attached hydrogens (tertiary/aromatic N) is 1. The molecule has 0 aliphatic rings. The maximum atomic E-state index is 11.3. The molecule has 0 bridgehead atoms. The Hall–Kier alpha value is -1.29. The number of hydrogen-bond acceptors (Lipinski definition) is 3. The zero-order valence-electron chi connectivity index (χ0n) is 8.62. The van der Waals surface area contributed by atoms with Gasteiger partial charge in [-0.3, -0.25) is 4.79 Å². The minimum atomic E-state index is -0.533. The number of esters is 1. The average molecular weight is 230 g/mol. The van der Waals surface area contributed by atoms with E-state index in [1.54, 1.807) is 19.2 Å². The number of carbonyl (C=O) groups is 2. The largest absolute Gasteiger partial charge is 0.464 e. The second-order valence-electron chi connectivity index (χ2n) is 3.02. The van der Waals surface area contributed by atoms with Crippen LogP contribution in [0.2, 0.25) is 5.02 Å². The minimum Gasteiger partial charge on any atom is -0.464 e. The van der Waals surface area contributed by atoms with Crippen molar-refractivity contribution < 1.29 is 14.3 Å². The zero-order valence-corrected chi connectivity index (χ0v) is 9.37. The topological polar surface area (TPSA) is 48.3 Å². The molecule has 1 aromatic heterocycles. The molecular formula is C10H12ClNO3. The Morgan fingerprint density at radius 3 is 2.73 bits per heavy atom. The molecule has 0 spiro atoms. The van der Waals surface area contributed by atoms with Gasteiger partial charge >= 0.3 is 5.97 Å². The third kappa shape index (κ3) is 2.59. The van der Waals surface area contributed by atoms with Gasteiger partial charge in [0.1, 0.15) is 5.69 Å². The Kier molecular flexibility index (Phi) is 3.91. The molecule has 0 aromatic carbocycles. The number of methoxy groups -OCH3 is 1. The van der Waals surface area contributed by atoms with Crippen LogP contribution in [0.4, 0.5) is 0 Å². The van der Waals surface area contributed by atoms with Crippen LogP contribution in [0.3, 0.4) is 0 Å². The van der Waals surface area contributed by atoms with Gasteiger partial charge in [-0.1, -0.05) is 18.5 Å². The molecule has 0 aliphatic heterocycles. The van der Waals surface area contributed by atoms with Crippen molar-refractivity contribution in [2.75, 3.05) is 7.11 Å². The number of Topliss-reactive ketones (excluding diaryl/α,β-unsaturated/α-hetero) is 1. The summed E-state index contributed by atoms with van der Waals surface area (Å²) in [6.45, 7) is 1.92. The highest BCUT2D eigenvalue weighted by Gasteiger charge is 2.17. The van der Waals surface area contributed by atoms with E-state index in [9.17, 15) is 9.59 Å². The third-order valence-corrected chi connectivity index (χ3v) is 2.34. The maximum absolute atomic E-state index is 11.3. The smallest absolute Gasteiger partial charge is 0.356 e. The highest BCUT2D eigenvalue weighted by molar-refractivity contribution is 6.33. The van der Waals surface area contributed by atoms with Gasteiger partial charge in [-0.2, -0.15) is 0 Å². The second kappa shape index (κ2) is 4.98. The molecule has 1 heterocycles. The molecule has 0 saturated carbocycles. The van der Waals surface area contributed by atoms with E-state index >= 15 is 0 Å². The van der Waals surface area contributed by atoms with Crippen molar-refractivity contribution >= 4 is 23.4 Å². The van der Waals surface area contributed by atoms with Gasteiger partial charge in [0.05, 0.1) is 18.7 Å². The van der Waals surface area contributed by atoms with E-state index in [0.29, 0.717) is 11.4 Å². The number of ketones is 1. The number of ether oxygens (including phenoxy) is 1. The van der Waals surface area contributed by atoms with Gasteiger partial charge in [0.2, 0.25) is 0 Å². The Labute approximate surface area is 92.8 Å². The highest BCUT2D eigenvalue weighted by Crippen LogP contribution is 2.18. The molecule has 0 unspecified atom stereocenters. The van der Waals surface area contributed by atoms with Crippen molar-refractivity contribution in [3.05, 3.63) is 23.0 Å². The molecule has 0 fully saturated rings. The normalized spacial score (nSPS) is 10.1. The number of aromatic nitrogens is 1. The van der Waals surface area contributed by atoms with Gasteiger partial charge < -0.3 is 9.30 Å². The summed E-state index contributed by atoms with van der Waals surface area (Å²) in [6.07, 6.45) is 2.03. The minimum absolute atomic E-state index is 0.0346. The van der Waals surface area contributed by atoms with Gasteiger partial charge in [-0.25, -0.2) is 4.79 Å². The first-order chi connectivity index (χ1) is 7.10. The first kappa shape index (κ1) is 11.8. The van der Waals surface area contributed by atoms with Crippen LogP contribution in [-0.4, -0.2) is 23.4 Å². The van der Waals surface area contributed by atoms with Gasteiger partial charge in [0.25, 0.3) is 0 Å². The molecule has 5 heteroatoms. The molecule has 1 aromatic rings. The molecule has 4 nitrogen and oxygen atoms in total. The Morgan fingerprint density at radius 2 is 2.20 bits per heavy atom. The van der Waals surface area contributed by atoms with E-state index in [1.807, 2.05) is 0 Å². The van der Waals surface area contributed by atoms with E-state index in [-0.39, 0.29) is 18.0 Å². The predicted molar refractivity (Wildman–Crippen MR) is 56.1 cm³/mol. The monoisotopic (exact) mass is 229 g/mol. The average Bonchev–Trinajstić information content (AvgIpc) is 2.58. The number of halogens is 1. The summed E-state index contributed by atoms with van der Waals surface area (Å²) in [6, 6.07) is 1.57. The van der Waals surface area contributed by atoms with Crippen molar-refractivity contribution in [3.8, 4) is 0 Å². The fourth-order valence-electron chi connectivity index (χ4n) is 1.19. The molecule has 0 N–H and O–H groups in total. The molecular weight excluding hydrogens is 218 g/mol. The number of hydrogen-bond donors (Lipinski definition) is 0. The molecule has 0 amide bonds. The van der Waals surface area contributed by atoms with Gasteiger partial charge in [0, 0.05) is 12.6 Å². The molecule has 1 rings (SSSR count). The third-order valence-electron chi connectivity index (χ3n) is 2.03. The van der Waals surface area contributed by atoms with Crippen LogP contribution >= 0.6 is 11.6 Å².